The monoisotopic (exact) mass is 342 g/mol. The lowest BCUT2D eigenvalue weighted by Crippen LogP contribution is -2.28. The Morgan fingerprint density at radius 2 is 1.96 bits per heavy atom. The molecular weight excluding hydrogens is 320 g/mol. The van der Waals surface area contributed by atoms with Crippen molar-refractivity contribution in [2.24, 2.45) is 0 Å². The number of amides is 1. The Morgan fingerprint density at radius 3 is 2.64 bits per heavy atom. The van der Waals surface area contributed by atoms with E-state index in [9.17, 15) is 14.9 Å². The van der Waals surface area contributed by atoms with E-state index >= 15 is 0 Å². The van der Waals surface area contributed by atoms with Crippen LogP contribution in [-0.2, 0) is 0 Å². The molecule has 2 aromatic rings. The fraction of sp³-hybridized carbons (Fsp3) is 0.316. The zero-order chi connectivity index (χ0) is 18.4. The number of benzene rings is 2. The fourth-order valence-corrected chi connectivity index (χ4v) is 2.46. The third-order valence-corrected chi connectivity index (χ3v) is 3.85. The summed E-state index contributed by atoms with van der Waals surface area (Å²) in [5, 5.41) is 13.7. The van der Waals surface area contributed by atoms with Gasteiger partial charge in [0.1, 0.15) is 12.4 Å². The lowest BCUT2D eigenvalue weighted by Gasteiger charge is -2.14. The van der Waals surface area contributed by atoms with Crippen molar-refractivity contribution in [3.05, 3.63) is 69.3 Å². The first-order valence-corrected chi connectivity index (χ1v) is 8.15. The topological polar surface area (TPSA) is 81.5 Å². The molecule has 0 aromatic heterocycles. The Morgan fingerprint density at radius 1 is 1.24 bits per heavy atom. The predicted octanol–water partition coefficient (Wildman–Crippen LogP) is 3.84. The second-order valence-electron chi connectivity index (χ2n) is 6.06. The smallest absolute Gasteiger partial charge is 0.273 e. The van der Waals surface area contributed by atoms with Crippen LogP contribution in [0.5, 0.6) is 5.75 Å². The van der Waals surface area contributed by atoms with Crippen LogP contribution >= 0.6 is 0 Å². The van der Waals surface area contributed by atoms with Gasteiger partial charge in [0.15, 0.2) is 0 Å². The van der Waals surface area contributed by atoms with Gasteiger partial charge in [-0.05, 0) is 30.5 Å². The molecule has 0 radical (unpaired) electrons. The SMILES string of the molecule is Cc1ccc(C(=O)NCCOc2ccccc2C(C)C)cc1[N+](=O)[O-]. The van der Waals surface area contributed by atoms with E-state index in [2.05, 4.69) is 19.2 Å². The number of ether oxygens (including phenoxy) is 1. The van der Waals surface area contributed by atoms with Crippen LogP contribution in [0.15, 0.2) is 42.5 Å². The summed E-state index contributed by atoms with van der Waals surface area (Å²) in [7, 11) is 0. The number of carbonyl (C=O) groups is 1. The van der Waals surface area contributed by atoms with Crippen LogP contribution in [-0.4, -0.2) is 24.0 Å². The molecule has 0 saturated carbocycles. The van der Waals surface area contributed by atoms with Gasteiger partial charge in [-0.1, -0.05) is 38.1 Å². The molecule has 0 fully saturated rings. The van der Waals surface area contributed by atoms with Gasteiger partial charge in [-0.3, -0.25) is 14.9 Å². The first kappa shape index (κ1) is 18.4. The minimum absolute atomic E-state index is 0.0604. The molecule has 0 spiro atoms. The molecule has 0 bridgehead atoms. The van der Waals surface area contributed by atoms with Crippen molar-refractivity contribution in [2.75, 3.05) is 13.2 Å². The van der Waals surface area contributed by atoms with E-state index in [1.165, 1.54) is 6.07 Å². The van der Waals surface area contributed by atoms with Crippen LogP contribution in [0.2, 0.25) is 0 Å². The summed E-state index contributed by atoms with van der Waals surface area (Å²) in [6, 6.07) is 12.2. The minimum Gasteiger partial charge on any atom is -0.491 e. The first-order chi connectivity index (χ1) is 11.9. The molecule has 0 aliphatic heterocycles. The number of para-hydroxylation sites is 1. The lowest BCUT2D eigenvalue weighted by atomic mass is 10.0. The van der Waals surface area contributed by atoms with E-state index in [1.807, 2.05) is 24.3 Å². The van der Waals surface area contributed by atoms with Crippen LogP contribution < -0.4 is 10.1 Å². The summed E-state index contributed by atoms with van der Waals surface area (Å²) in [6.45, 7) is 6.46. The van der Waals surface area contributed by atoms with Gasteiger partial charge in [-0.2, -0.15) is 0 Å². The number of nitrogens with zero attached hydrogens (tertiary/aromatic N) is 1. The highest BCUT2D eigenvalue weighted by Gasteiger charge is 2.14. The highest BCUT2D eigenvalue weighted by atomic mass is 16.6. The van der Waals surface area contributed by atoms with Crippen LogP contribution in [0.25, 0.3) is 0 Å². The number of aryl methyl sites for hydroxylation is 1. The molecule has 0 atom stereocenters. The second kappa shape index (κ2) is 8.28. The van der Waals surface area contributed by atoms with E-state index in [0.29, 0.717) is 24.6 Å². The largest absolute Gasteiger partial charge is 0.491 e. The van der Waals surface area contributed by atoms with Crippen LogP contribution in [0.4, 0.5) is 5.69 Å². The molecule has 2 aromatic carbocycles. The molecule has 0 saturated heterocycles. The van der Waals surface area contributed by atoms with Crippen molar-refractivity contribution >= 4 is 11.6 Å². The number of nitro benzene ring substituents is 1. The number of carbonyl (C=O) groups excluding carboxylic acids is 1. The number of rotatable bonds is 7. The van der Waals surface area contributed by atoms with Crippen molar-refractivity contribution in [2.45, 2.75) is 26.7 Å². The quantitative estimate of drug-likeness (QED) is 0.471. The second-order valence-corrected chi connectivity index (χ2v) is 6.06. The third kappa shape index (κ3) is 4.79. The highest BCUT2D eigenvalue weighted by Crippen LogP contribution is 2.25. The molecule has 25 heavy (non-hydrogen) atoms. The molecule has 6 heteroatoms. The maximum absolute atomic E-state index is 12.1. The standard InChI is InChI=1S/C19H22N2O4/c1-13(2)16-6-4-5-7-18(16)25-11-10-20-19(22)15-9-8-14(3)17(12-15)21(23)24/h4-9,12-13H,10-11H2,1-3H3,(H,20,22). The Labute approximate surface area is 147 Å². The number of nitro groups is 1. The van der Waals surface area contributed by atoms with E-state index in [4.69, 9.17) is 4.74 Å². The van der Waals surface area contributed by atoms with Crippen LogP contribution in [0.1, 0.15) is 41.3 Å². The molecule has 132 valence electrons. The Bertz CT molecular complexity index is 772. The molecular formula is C19H22N2O4. The van der Waals surface area contributed by atoms with Gasteiger partial charge >= 0.3 is 0 Å². The van der Waals surface area contributed by atoms with Gasteiger partial charge < -0.3 is 10.1 Å². The number of nitrogens with one attached hydrogen (secondary N) is 1. The molecule has 6 nitrogen and oxygen atoms in total. The van der Waals surface area contributed by atoms with Crippen LogP contribution in [0.3, 0.4) is 0 Å². The summed E-state index contributed by atoms with van der Waals surface area (Å²) in [5.74, 6) is 0.792. The molecule has 0 heterocycles. The van der Waals surface area contributed by atoms with Crippen molar-refractivity contribution in [1.29, 1.82) is 0 Å². The Hall–Kier alpha value is -2.89. The van der Waals surface area contributed by atoms with Gasteiger partial charge in [-0.25, -0.2) is 0 Å². The van der Waals surface area contributed by atoms with E-state index in [-0.39, 0.29) is 17.2 Å². The van der Waals surface area contributed by atoms with E-state index in [0.717, 1.165) is 11.3 Å². The Kier molecular flexibility index (Phi) is 6.11. The summed E-state index contributed by atoms with van der Waals surface area (Å²) < 4.78 is 5.74. The maximum atomic E-state index is 12.1. The highest BCUT2D eigenvalue weighted by molar-refractivity contribution is 5.94. The lowest BCUT2D eigenvalue weighted by molar-refractivity contribution is -0.385. The summed E-state index contributed by atoms with van der Waals surface area (Å²) in [5.41, 5.74) is 1.84. The normalized spacial score (nSPS) is 10.6. The van der Waals surface area contributed by atoms with Crippen molar-refractivity contribution in [1.82, 2.24) is 5.32 Å². The average Bonchev–Trinajstić information content (AvgIpc) is 2.58. The predicted molar refractivity (Wildman–Crippen MR) is 96.2 cm³/mol. The van der Waals surface area contributed by atoms with Gasteiger partial charge in [0.2, 0.25) is 0 Å². The zero-order valence-electron chi connectivity index (χ0n) is 14.6. The summed E-state index contributed by atoms with van der Waals surface area (Å²) >= 11 is 0. The van der Waals surface area contributed by atoms with Gasteiger partial charge in [-0.15, -0.1) is 0 Å². The third-order valence-electron chi connectivity index (χ3n) is 3.85. The number of hydrogen-bond acceptors (Lipinski definition) is 4. The average molecular weight is 342 g/mol. The van der Waals surface area contributed by atoms with Gasteiger partial charge in [0, 0.05) is 17.2 Å². The van der Waals surface area contributed by atoms with Gasteiger partial charge in [0.25, 0.3) is 11.6 Å². The zero-order valence-corrected chi connectivity index (χ0v) is 14.6. The molecule has 2 rings (SSSR count). The Balaban J connectivity index is 1.91. The van der Waals surface area contributed by atoms with Crippen LogP contribution in [0, 0.1) is 17.0 Å². The maximum Gasteiger partial charge on any atom is 0.273 e. The van der Waals surface area contributed by atoms with Crippen molar-refractivity contribution in [3.8, 4) is 5.75 Å². The van der Waals surface area contributed by atoms with Crippen molar-refractivity contribution in [3.63, 3.8) is 0 Å². The molecule has 1 N–H and O–H groups in total. The summed E-state index contributed by atoms with van der Waals surface area (Å²) in [6.07, 6.45) is 0. The molecule has 0 aliphatic carbocycles. The molecule has 0 unspecified atom stereocenters. The molecule has 0 aliphatic rings. The van der Waals surface area contributed by atoms with Gasteiger partial charge in [0.05, 0.1) is 11.5 Å². The van der Waals surface area contributed by atoms with E-state index in [1.54, 1.807) is 19.1 Å². The fourth-order valence-electron chi connectivity index (χ4n) is 2.46. The summed E-state index contributed by atoms with van der Waals surface area (Å²) in [4.78, 5) is 22.6. The molecule has 1 amide bonds. The minimum atomic E-state index is -0.488. The van der Waals surface area contributed by atoms with E-state index < -0.39 is 4.92 Å². The van der Waals surface area contributed by atoms with Crippen molar-refractivity contribution < 1.29 is 14.5 Å². The first-order valence-electron chi connectivity index (χ1n) is 8.15. The number of hydrogen-bond donors (Lipinski definition) is 1.